The first-order chi connectivity index (χ1) is 11.3. The molecule has 3 N–H and O–H groups in total. The lowest BCUT2D eigenvalue weighted by atomic mass is 10.1. The number of methoxy groups -OCH3 is 1. The third kappa shape index (κ3) is 5.82. The number of aliphatic carboxylic acids is 1. The predicted octanol–water partition coefficient (Wildman–Crippen LogP) is 0.978. The fourth-order valence-electron chi connectivity index (χ4n) is 2.02. The van der Waals surface area contributed by atoms with E-state index in [2.05, 4.69) is 10.0 Å². The van der Waals surface area contributed by atoms with Crippen LogP contribution in [0.2, 0.25) is 0 Å². The third-order valence-corrected chi connectivity index (χ3v) is 4.77. The summed E-state index contributed by atoms with van der Waals surface area (Å²) in [5.74, 6) is -1.09. The average Bonchev–Trinajstić information content (AvgIpc) is 2.56. The minimum atomic E-state index is -3.75. The smallest absolute Gasteiger partial charge is 0.303 e. The van der Waals surface area contributed by atoms with Crippen molar-refractivity contribution in [3.63, 3.8) is 0 Å². The Morgan fingerprint density at radius 2 is 1.92 bits per heavy atom. The highest BCUT2D eigenvalue weighted by Crippen LogP contribution is 2.24. The van der Waals surface area contributed by atoms with Gasteiger partial charge in [-0.3, -0.25) is 9.59 Å². The SMILES string of the molecule is CNS(=O)(=O)c1cc(C(=O)NCCCCCC(=O)O)ccc1OC. The summed E-state index contributed by atoms with van der Waals surface area (Å²) in [5, 5.41) is 11.2. The van der Waals surface area contributed by atoms with Crippen molar-refractivity contribution >= 4 is 21.9 Å². The molecule has 1 amide bonds. The number of carboxylic acids is 1. The van der Waals surface area contributed by atoms with Crippen molar-refractivity contribution < 1.29 is 27.9 Å². The van der Waals surface area contributed by atoms with Gasteiger partial charge in [0.1, 0.15) is 10.6 Å². The number of unbranched alkanes of at least 4 members (excludes halogenated alkanes) is 2. The molecule has 0 unspecified atom stereocenters. The highest BCUT2D eigenvalue weighted by atomic mass is 32.2. The van der Waals surface area contributed by atoms with E-state index in [4.69, 9.17) is 9.84 Å². The highest BCUT2D eigenvalue weighted by molar-refractivity contribution is 7.89. The molecule has 1 aromatic carbocycles. The Hall–Kier alpha value is -2.13. The molecule has 9 heteroatoms. The minimum Gasteiger partial charge on any atom is -0.495 e. The zero-order valence-corrected chi connectivity index (χ0v) is 14.5. The number of carboxylic acid groups (broad SMARTS) is 1. The molecule has 0 radical (unpaired) electrons. The van der Waals surface area contributed by atoms with Gasteiger partial charge in [-0.25, -0.2) is 13.1 Å². The van der Waals surface area contributed by atoms with Crippen LogP contribution in [0, 0.1) is 0 Å². The van der Waals surface area contributed by atoms with Crippen molar-refractivity contribution in [2.24, 2.45) is 0 Å². The number of hydrogen-bond donors (Lipinski definition) is 3. The number of nitrogens with one attached hydrogen (secondary N) is 2. The summed E-state index contributed by atoms with van der Waals surface area (Å²) in [4.78, 5) is 22.4. The Balaban J connectivity index is 2.68. The van der Waals surface area contributed by atoms with Gasteiger partial charge in [-0.05, 0) is 38.1 Å². The van der Waals surface area contributed by atoms with E-state index in [1.165, 1.54) is 32.4 Å². The van der Waals surface area contributed by atoms with E-state index < -0.39 is 21.9 Å². The van der Waals surface area contributed by atoms with Crippen LogP contribution < -0.4 is 14.8 Å². The van der Waals surface area contributed by atoms with E-state index >= 15 is 0 Å². The number of carbonyl (C=O) groups is 2. The van der Waals surface area contributed by atoms with Gasteiger partial charge >= 0.3 is 5.97 Å². The maximum absolute atomic E-state index is 12.1. The first kappa shape index (κ1) is 19.9. The Morgan fingerprint density at radius 3 is 2.50 bits per heavy atom. The molecule has 0 aromatic heterocycles. The molecule has 1 rings (SSSR count). The minimum absolute atomic E-state index is 0.109. The van der Waals surface area contributed by atoms with Crippen molar-refractivity contribution in [1.29, 1.82) is 0 Å². The van der Waals surface area contributed by atoms with Crippen LogP contribution in [-0.2, 0) is 14.8 Å². The highest BCUT2D eigenvalue weighted by Gasteiger charge is 2.20. The lowest BCUT2D eigenvalue weighted by Gasteiger charge is -2.11. The lowest BCUT2D eigenvalue weighted by Crippen LogP contribution is -2.25. The van der Waals surface area contributed by atoms with Crippen molar-refractivity contribution in [2.45, 2.75) is 30.6 Å². The second-order valence-electron chi connectivity index (χ2n) is 5.03. The average molecular weight is 358 g/mol. The number of benzene rings is 1. The summed E-state index contributed by atoms with van der Waals surface area (Å²) in [7, 11) is -1.12. The Bertz CT molecular complexity index is 687. The molecule has 0 saturated carbocycles. The Morgan fingerprint density at radius 1 is 1.21 bits per heavy atom. The number of amides is 1. The number of rotatable bonds is 10. The summed E-state index contributed by atoms with van der Waals surface area (Å²) < 4.78 is 31.1. The van der Waals surface area contributed by atoms with Crippen molar-refractivity contribution in [2.75, 3.05) is 20.7 Å². The zero-order valence-electron chi connectivity index (χ0n) is 13.7. The second kappa shape index (κ2) is 9.24. The zero-order chi connectivity index (χ0) is 18.2. The molecule has 0 bridgehead atoms. The van der Waals surface area contributed by atoms with E-state index in [0.29, 0.717) is 25.8 Å². The molecule has 0 aliphatic rings. The molecule has 0 heterocycles. The van der Waals surface area contributed by atoms with Gasteiger partial charge in [0.05, 0.1) is 7.11 Å². The largest absolute Gasteiger partial charge is 0.495 e. The van der Waals surface area contributed by atoms with Gasteiger partial charge in [0.2, 0.25) is 10.0 Å². The molecule has 0 aliphatic heterocycles. The Labute approximate surface area is 141 Å². The molecule has 0 aliphatic carbocycles. The van der Waals surface area contributed by atoms with Crippen LogP contribution in [0.5, 0.6) is 5.75 Å². The molecular formula is C15H22N2O6S. The van der Waals surface area contributed by atoms with E-state index in [1.54, 1.807) is 0 Å². The van der Waals surface area contributed by atoms with Crippen LogP contribution in [-0.4, -0.2) is 46.1 Å². The summed E-state index contributed by atoms with van der Waals surface area (Å²) in [6.45, 7) is 0.387. The topological polar surface area (TPSA) is 122 Å². The monoisotopic (exact) mass is 358 g/mol. The number of hydrogen-bond acceptors (Lipinski definition) is 5. The van der Waals surface area contributed by atoms with Gasteiger partial charge < -0.3 is 15.2 Å². The lowest BCUT2D eigenvalue weighted by molar-refractivity contribution is -0.137. The van der Waals surface area contributed by atoms with Crippen LogP contribution >= 0.6 is 0 Å². The van der Waals surface area contributed by atoms with Gasteiger partial charge in [0, 0.05) is 18.5 Å². The predicted molar refractivity (Wildman–Crippen MR) is 87.7 cm³/mol. The normalized spacial score (nSPS) is 11.1. The molecule has 8 nitrogen and oxygen atoms in total. The van der Waals surface area contributed by atoms with Gasteiger partial charge in [0.25, 0.3) is 5.91 Å². The van der Waals surface area contributed by atoms with Crippen LogP contribution in [0.25, 0.3) is 0 Å². The number of sulfonamides is 1. The van der Waals surface area contributed by atoms with Crippen LogP contribution in [0.15, 0.2) is 23.1 Å². The van der Waals surface area contributed by atoms with E-state index in [1.807, 2.05) is 0 Å². The summed E-state index contributed by atoms with van der Waals surface area (Å²) in [5.41, 5.74) is 0.204. The molecule has 134 valence electrons. The third-order valence-electron chi connectivity index (χ3n) is 3.34. The fourth-order valence-corrected chi connectivity index (χ4v) is 2.94. The second-order valence-corrected chi connectivity index (χ2v) is 6.89. The summed E-state index contributed by atoms with van der Waals surface area (Å²) >= 11 is 0. The molecule has 0 saturated heterocycles. The molecular weight excluding hydrogens is 336 g/mol. The van der Waals surface area contributed by atoms with Gasteiger partial charge in [-0.1, -0.05) is 6.42 Å². The fraction of sp³-hybridized carbons (Fsp3) is 0.467. The van der Waals surface area contributed by atoms with Crippen molar-refractivity contribution in [3.8, 4) is 5.75 Å². The quantitative estimate of drug-likeness (QED) is 0.536. The molecule has 0 spiro atoms. The first-order valence-electron chi connectivity index (χ1n) is 7.43. The number of ether oxygens (including phenoxy) is 1. The van der Waals surface area contributed by atoms with Gasteiger partial charge in [-0.15, -0.1) is 0 Å². The summed E-state index contributed by atoms with van der Waals surface area (Å²) in [6, 6.07) is 4.16. The van der Waals surface area contributed by atoms with E-state index in [9.17, 15) is 18.0 Å². The molecule has 0 fully saturated rings. The Kier molecular flexibility index (Phi) is 7.66. The van der Waals surface area contributed by atoms with E-state index in [0.717, 1.165) is 0 Å². The molecule has 0 atom stereocenters. The molecule has 24 heavy (non-hydrogen) atoms. The van der Waals surface area contributed by atoms with Gasteiger partial charge in [-0.2, -0.15) is 0 Å². The van der Waals surface area contributed by atoms with E-state index in [-0.39, 0.29) is 22.6 Å². The maximum Gasteiger partial charge on any atom is 0.303 e. The van der Waals surface area contributed by atoms with Crippen LogP contribution in [0.1, 0.15) is 36.0 Å². The van der Waals surface area contributed by atoms with Crippen LogP contribution in [0.3, 0.4) is 0 Å². The summed E-state index contributed by atoms with van der Waals surface area (Å²) in [6.07, 6.45) is 2.00. The standard InChI is InChI=1S/C15H22N2O6S/c1-16-24(21,22)13-10-11(7-8-12(13)23-2)15(20)17-9-5-3-4-6-14(18)19/h7-8,10,16H,3-6,9H2,1-2H3,(H,17,20)(H,18,19). The van der Waals surface area contributed by atoms with Crippen molar-refractivity contribution in [1.82, 2.24) is 10.0 Å². The van der Waals surface area contributed by atoms with Crippen LogP contribution in [0.4, 0.5) is 0 Å². The molecule has 1 aromatic rings. The number of carbonyl (C=O) groups excluding carboxylic acids is 1. The first-order valence-corrected chi connectivity index (χ1v) is 8.91. The van der Waals surface area contributed by atoms with Crippen molar-refractivity contribution in [3.05, 3.63) is 23.8 Å². The van der Waals surface area contributed by atoms with Gasteiger partial charge in [0.15, 0.2) is 0 Å². The maximum atomic E-state index is 12.1.